The van der Waals surface area contributed by atoms with E-state index in [1.165, 1.54) is 0 Å². The maximum atomic E-state index is 10.00. The van der Waals surface area contributed by atoms with Crippen LogP contribution in [0, 0.1) is 0 Å². The fourth-order valence-corrected chi connectivity index (χ4v) is 5.38. The number of aromatic nitrogens is 4. The molecule has 3 heterocycles. The van der Waals surface area contributed by atoms with E-state index in [0.717, 1.165) is 85.5 Å². The molecule has 2 unspecified atom stereocenters. The molecule has 8 nitrogen and oxygen atoms in total. The van der Waals surface area contributed by atoms with E-state index in [4.69, 9.17) is 20.8 Å². The zero-order valence-corrected chi connectivity index (χ0v) is 22.5. The topological polar surface area (TPSA) is 114 Å². The number of nitrogens with two attached hydrogens (primary N) is 1. The average Bonchev–Trinajstić information content (AvgIpc) is 3.49. The molecule has 0 spiro atoms. The number of aliphatic hydroxyl groups excluding tert-OH is 1. The van der Waals surface area contributed by atoms with Crippen LogP contribution >= 0.6 is 22.6 Å². The minimum Gasteiger partial charge on any atom is -0.397 e. The maximum absolute atomic E-state index is 10.00. The molecule has 1 saturated heterocycles. The molecule has 4 rings (SSSR count). The smallest absolute Gasteiger partial charge is 0.148 e. The van der Waals surface area contributed by atoms with E-state index < -0.39 is 0 Å². The van der Waals surface area contributed by atoms with Gasteiger partial charge < -0.3 is 21.5 Å². The van der Waals surface area contributed by atoms with E-state index in [0.29, 0.717) is 17.4 Å². The van der Waals surface area contributed by atoms with Crippen molar-refractivity contribution in [1.82, 2.24) is 25.1 Å². The van der Waals surface area contributed by atoms with Crippen LogP contribution in [0.3, 0.4) is 0 Å². The van der Waals surface area contributed by atoms with Gasteiger partial charge in [-0.3, -0.25) is 4.68 Å². The molecule has 34 heavy (non-hydrogen) atoms. The molecular formula is C25H36IN7O. The minimum atomic E-state index is -0.249. The summed E-state index contributed by atoms with van der Waals surface area (Å²) in [5.74, 6) is 0.781. The van der Waals surface area contributed by atoms with Gasteiger partial charge >= 0.3 is 0 Å². The molecule has 9 heteroatoms. The lowest BCUT2D eigenvalue weighted by Gasteiger charge is -2.22. The van der Waals surface area contributed by atoms with Gasteiger partial charge in [0.2, 0.25) is 0 Å². The third kappa shape index (κ3) is 5.46. The molecule has 1 aliphatic carbocycles. The van der Waals surface area contributed by atoms with Crippen molar-refractivity contribution in [3.63, 3.8) is 0 Å². The predicted molar refractivity (Wildman–Crippen MR) is 146 cm³/mol. The Bertz CT molecular complexity index is 1070. The summed E-state index contributed by atoms with van der Waals surface area (Å²) >= 11 is 2.27. The second kappa shape index (κ2) is 11.2. The summed E-state index contributed by atoms with van der Waals surface area (Å²) in [5.41, 5.74) is 12.6. The van der Waals surface area contributed by atoms with Crippen molar-refractivity contribution >= 4 is 39.7 Å². The standard InChI is InChI=1S/C25H36IN7O/c1-4-21-25(30-17-5-6-19(34)11-17)32-23(24(31-21)22(27)15(2)3)20(12-26)16-13-29-33(14-16)18-7-9-28-10-8-18/h12-14,17-19,28,34H,4-11,27H2,1-3H3,(H,30,32)/b20-12-. The van der Waals surface area contributed by atoms with Crippen LogP contribution < -0.4 is 16.4 Å². The first kappa shape index (κ1) is 25.1. The van der Waals surface area contributed by atoms with E-state index in [1.54, 1.807) is 0 Å². The normalized spacial score (nSPS) is 21.6. The van der Waals surface area contributed by atoms with Crippen LogP contribution in [0.1, 0.15) is 81.6 Å². The summed E-state index contributed by atoms with van der Waals surface area (Å²) in [6, 6.07) is 0.608. The maximum Gasteiger partial charge on any atom is 0.148 e. The second-order valence-electron chi connectivity index (χ2n) is 9.50. The molecule has 1 aliphatic heterocycles. The fourth-order valence-electron chi connectivity index (χ4n) is 4.73. The SMILES string of the molecule is CCc1nc(C(N)=C(C)C)c(/C(=C\I)c2cnn(C3CCNCC3)c2)nc1NC1CCC(O)C1. The predicted octanol–water partition coefficient (Wildman–Crippen LogP) is 4.02. The van der Waals surface area contributed by atoms with Crippen molar-refractivity contribution in [2.75, 3.05) is 18.4 Å². The summed E-state index contributed by atoms with van der Waals surface area (Å²) in [6.45, 7) is 8.12. The highest BCUT2D eigenvalue weighted by molar-refractivity contribution is 14.1. The van der Waals surface area contributed by atoms with E-state index in [1.807, 2.05) is 24.1 Å². The molecule has 0 radical (unpaired) electrons. The number of rotatable bonds is 7. The molecule has 184 valence electrons. The fraction of sp³-hybridized carbons (Fsp3) is 0.560. The highest BCUT2D eigenvalue weighted by Crippen LogP contribution is 2.33. The third-order valence-corrected chi connectivity index (χ3v) is 7.42. The van der Waals surface area contributed by atoms with Crippen LogP contribution in [0.4, 0.5) is 5.82 Å². The summed E-state index contributed by atoms with van der Waals surface area (Å²) in [4.78, 5) is 10.1. The number of nitrogens with zero attached hydrogens (tertiary/aromatic N) is 4. The van der Waals surface area contributed by atoms with Crippen molar-refractivity contribution in [2.24, 2.45) is 5.73 Å². The first-order valence-electron chi connectivity index (χ1n) is 12.3. The highest BCUT2D eigenvalue weighted by Gasteiger charge is 2.26. The highest BCUT2D eigenvalue weighted by atomic mass is 127. The van der Waals surface area contributed by atoms with Crippen molar-refractivity contribution in [3.8, 4) is 0 Å². The molecule has 2 fully saturated rings. The van der Waals surface area contributed by atoms with Gasteiger partial charge in [-0.05, 0) is 69.5 Å². The van der Waals surface area contributed by atoms with Crippen LogP contribution in [0.5, 0.6) is 0 Å². The van der Waals surface area contributed by atoms with Crippen LogP contribution in [-0.4, -0.2) is 50.1 Å². The minimum absolute atomic E-state index is 0.198. The molecule has 2 aromatic heterocycles. The summed E-state index contributed by atoms with van der Waals surface area (Å²) in [7, 11) is 0. The van der Waals surface area contributed by atoms with Gasteiger partial charge in [-0.2, -0.15) is 5.10 Å². The number of hydrogen-bond acceptors (Lipinski definition) is 7. The van der Waals surface area contributed by atoms with Gasteiger partial charge in [0.1, 0.15) is 17.2 Å². The van der Waals surface area contributed by atoms with Gasteiger partial charge in [0, 0.05) is 23.4 Å². The van der Waals surface area contributed by atoms with Gasteiger partial charge in [0.15, 0.2) is 0 Å². The van der Waals surface area contributed by atoms with E-state index in [2.05, 4.69) is 51.0 Å². The lowest BCUT2D eigenvalue weighted by atomic mass is 10.0. The Labute approximate surface area is 215 Å². The number of aryl methyl sites for hydroxylation is 1. The lowest BCUT2D eigenvalue weighted by Crippen LogP contribution is -2.29. The molecule has 0 bridgehead atoms. The van der Waals surface area contributed by atoms with E-state index in [9.17, 15) is 5.11 Å². The number of nitrogens with one attached hydrogen (secondary N) is 2. The van der Waals surface area contributed by atoms with E-state index >= 15 is 0 Å². The average molecular weight is 578 g/mol. The number of halogens is 1. The number of piperidine rings is 1. The zero-order chi connectivity index (χ0) is 24.2. The number of aliphatic hydroxyl groups is 1. The van der Waals surface area contributed by atoms with Gasteiger partial charge in [-0.25, -0.2) is 9.97 Å². The number of hydrogen-bond donors (Lipinski definition) is 4. The molecule has 1 saturated carbocycles. The summed E-state index contributed by atoms with van der Waals surface area (Å²) in [6.07, 6.45) is 9.17. The molecule has 2 aromatic rings. The summed E-state index contributed by atoms with van der Waals surface area (Å²) in [5, 5.41) is 21.7. The number of anilines is 1. The first-order valence-corrected chi connectivity index (χ1v) is 13.5. The zero-order valence-electron chi connectivity index (χ0n) is 20.3. The monoisotopic (exact) mass is 577 g/mol. The summed E-state index contributed by atoms with van der Waals surface area (Å²) < 4.78 is 4.13. The van der Waals surface area contributed by atoms with Crippen molar-refractivity contribution < 1.29 is 5.11 Å². The Morgan fingerprint density at radius 2 is 2.00 bits per heavy atom. The number of allylic oxidation sites excluding steroid dienone is 1. The molecule has 2 atom stereocenters. The molecular weight excluding hydrogens is 541 g/mol. The Morgan fingerprint density at radius 3 is 2.62 bits per heavy atom. The Kier molecular flexibility index (Phi) is 8.26. The quantitative estimate of drug-likeness (QED) is 0.368. The van der Waals surface area contributed by atoms with Crippen LogP contribution in [-0.2, 0) is 6.42 Å². The Hall–Kier alpha value is -1.98. The largest absolute Gasteiger partial charge is 0.397 e. The van der Waals surface area contributed by atoms with Crippen LogP contribution in [0.15, 0.2) is 22.0 Å². The van der Waals surface area contributed by atoms with Gasteiger partial charge in [-0.1, -0.05) is 35.1 Å². The molecule has 0 amide bonds. The van der Waals surface area contributed by atoms with Crippen molar-refractivity contribution in [2.45, 2.75) is 77.5 Å². The third-order valence-electron chi connectivity index (χ3n) is 6.80. The van der Waals surface area contributed by atoms with Gasteiger partial charge in [0.05, 0.1) is 29.7 Å². The van der Waals surface area contributed by atoms with Crippen molar-refractivity contribution in [1.29, 1.82) is 0 Å². The van der Waals surface area contributed by atoms with Crippen molar-refractivity contribution in [3.05, 3.63) is 44.7 Å². The molecule has 0 aromatic carbocycles. The van der Waals surface area contributed by atoms with E-state index in [-0.39, 0.29) is 12.1 Å². The van der Waals surface area contributed by atoms with Gasteiger partial charge in [-0.15, -0.1) is 0 Å². The first-order chi connectivity index (χ1) is 16.4. The lowest BCUT2D eigenvalue weighted by molar-refractivity contribution is 0.182. The van der Waals surface area contributed by atoms with Gasteiger partial charge in [0.25, 0.3) is 0 Å². The second-order valence-corrected chi connectivity index (χ2v) is 10.1. The van der Waals surface area contributed by atoms with Crippen LogP contribution in [0.25, 0.3) is 11.3 Å². The van der Waals surface area contributed by atoms with Crippen LogP contribution in [0.2, 0.25) is 0 Å². The molecule has 5 N–H and O–H groups in total. The Balaban J connectivity index is 1.76. The Morgan fingerprint density at radius 1 is 1.24 bits per heavy atom. The molecule has 2 aliphatic rings.